The van der Waals surface area contributed by atoms with Gasteiger partial charge in [0, 0.05) is 17.9 Å². The van der Waals surface area contributed by atoms with Gasteiger partial charge in [-0.15, -0.1) is 0 Å². The van der Waals surface area contributed by atoms with Crippen molar-refractivity contribution in [1.29, 1.82) is 0 Å². The first kappa shape index (κ1) is 10.7. The molecule has 1 aliphatic rings. The summed E-state index contributed by atoms with van der Waals surface area (Å²) in [5.41, 5.74) is 0.654. The molecule has 1 amide bonds. The highest BCUT2D eigenvalue weighted by Crippen LogP contribution is 2.24. The van der Waals surface area contributed by atoms with Gasteiger partial charge in [-0.25, -0.2) is 0 Å². The highest BCUT2D eigenvalue weighted by molar-refractivity contribution is 9.09. The van der Waals surface area contributed by atoms with Gasteiger partial charge in [-0.2, -0.15) is 0 Å². The maximum absolute atomic E-state index is 12.0. The Labute approximate surface area is 97.6 Å². The highest BCUT2D eigenvalue weighted by Gasteiger charge is 2.31. The van der Waals surface area contributed by atoms with E-state index < -0.39 is 0 Å². The minimum atomic E-state index is 0.0700. The molecule has 0 spiro atoms. The smallest absolute Gasteiger partial charge is 0.257 e. The third kappa shape index (κ3) is 2.09. The number of amides is 1. The molecule has 2 unspecified atom stereocenters. The van der Waals surface area contributed by atoms with E-state index in [1.807, 2.05) is 11.8 Å². The van der Waals surface area contributed by atoms with Gasteiger partial charge in [-0.3, -0.25) is 4.79 Å². The van der Waals surface area contributed by atoms with Crippen molar-refractivity contribution in [2.75, 3.05) is 13.1 Å². The zero-order chi connectivity index (χ0) is 11.0. The second-order valence-corrected chi connectivity index (χ2v) is 5.33. The number of likely N-dealkylation sites (tertiary alicyclic amines) is 1. The van der Waals surface area contributed by atoms with Crippen LogP contribution in [0.1, 0.15) is 23.0 Å². The van der Waals surface area contributed by atoms with E-state index in [2.05, 4.69) is 22.9 Å². The second kappa shape index (κ2) is 4.00. The van der Waals surface area contributed by atoms with Gasteiger partial charge in [0.2, 0.25) is 0 Å². The minimum absolute atomic E-state index is 0.0700. The standard InChI is InChI=1S/C11H14BrNO2/c1-7-4-13(5-10(7)12)11(14)9-3-8(2)15-6-9/h3,6-7,10H,4-5H2,1-2H3. The molecule has 0 N–H and O–H groups in total. The van der Waals surface area contributed by atoms with Gasteiger partial charge < -0.3 is 9.32 Å². The molecule has 0 aromatic carbocycles. The molecule has 3 nitrogen and oxygen atoms in total. The van der Waals surface area contributed by atoms with Crippen LogP contribution in [0.4, 0.5) is 0 Å². The summed E-state index contributed by atoms with van der Waals surface area (Å²) in [6.45, 7) is 5.59. The van der Waals surface area contributed by atoms with E-state index in [0.29, 0.717) is 16.3 Å². The lowest BCUT2D eigenvalue weighted by molar-refractivity contribution is 0.0788. The first-order valence-corrected chi connectivity index (χ1v) is 5.98. The summed E-state index contributed by atoms with van der Waals surface area (Å²) >= 11 is 3.57. The molecular weight excluding hydrogens is 258 g/mol. The molecule has 1 aliphatic heterocycles. The van der Waals surface area contributed by atoms with Gasteiger partial charge in [0.05, 0.1) is 5.56 Å². The van der Waals surface area contributed by atoms with E-state index in [9.17, 15) is 4.79 Å². The second-order valence-electron chi connectivity index (χ2n) is 4.15. The quantitative estimate of drug-likeness (QED) is 0.736. The van der Waals surface area contributed by atoms with Gasteiger partial charge >= 0.3 is 0 Å². The number of alkyl halides is 1. The number of hydrogen-bond donors (Lipinski definition) is 0. The van der Waals surface area contributed by atoms with E-state index in [0.717, 1.165) is 18.8 Å². The molecule has 1 aromatic rings. The van der Waals surface area contributed by atoms with E-state index >= 15 is 0 Å². The largest absolute Gasteiger partial charge is 0.469 e. The van der Waals surface area contributed by atoms with Crippen LogP contribution in [0, 0.1) is 12.8 Å². The monoisotopic (exact) mass is 271 g/mol. The van der Waals surface area contributed by atoms with Crippen LogP contribution in [-0.4, -0.2) is 28.7 Å². The van der Waals surface area contributed by atoms with E-state index in [-0.39, 0.29) is 5.91 Å². The highest BCUT2D eigenvalue weighted by atomic mass is 79.9. The fourth-order valence-electron chi connectivity index (χ4n) is 1.83. The van der Waals surface area contributed by atoms with E-state index in [1.165, 1.54) is 6.26 Å². The summed E-state index contributed by atoms with van der Waals surface area (Å²) in [6, 6.07) is 1.79. The SMILES string of the molecule is Cc1cc(C(=O)N2CC(C)C(Br)C2)co1. The number of rotatable bonds is 1. The number of aryl methyl sites for hydroxylation is 1. The molecule has 0 radical (unpaired) electrons. The molecule has 1 fully saturated rings. The zero-order valence-electron chi connectivity index (χ0n) is 8.87. The molecule has 82 valence electrons. The molecule has 4 heteroatoms. The Morgan fingerprint density at radius 3 is 2.80 bits per heavy atom. The number of carbonyl (C=O) groups excluding carboxylic acids is 1. The third-order valence-corrected chi connectivity index (χ3v) is 3.98. The topological polar surface area (TPSA) is 33.5 Å². The number of furan rings is 1. The van der Waals surface area contributed by atoms with Crippen molar-refractivity contribution in [2.45, 2.75) is 18.7 Å². The molecule has 1 aromatic heterocycles. The van der Waals surface area contributed by atoms with Crippen molar-refractivity contribution >= 4 is 21.8 Å². The number of halogens is 1. The van der Waals surface area contributed by atoms with Crippen LogP contribution in [0.15, 0.2) is 16.7 Å². The van der Waals surface area contributed by atoms with Crippen molar-refractivity contribution in [2.24, 2.45) is 5.92 Å². The Morgan fingerprint density at radius 1 is 1.60 bits per heavy atom. The van der Waals surface area contributed by atoms with Gasteiger partial charge in [0.25, 0.3) is 5.91 Å². The van der Waals surface area contributed by atoms with Gasteiger partial charge in [0.15, 0.2) is 0 Å². The summed E-state index contributed by atoms with van der Waals surface area (Å²) < 4.78 is 5.14. The molecule has 2 rings (SSSR count). The summed E-state index contributed by atoms with van der Waals surface area (Å²) in [5.74, 6) is 1.36. The fraction of sp³-hybridized carbons (Fsp3) is 0.545. The maximum atomic E-state index is 12.0. The van der Waals surface area contributed by atoms with Crippen molar-refractivity contribution < 1.29 is 9.21 Å². The van der Waals surface area contributed by atoms with E-state index in [4.69, 9.17) is 4.42 Å². The zero-order valence-corrected chi connectivity index (χ0v) is 10.5. The van der Waals surface area contributed by atoms with Gasteiger partial charge in [0.1, 0.15) is 12.0 Å². The Balaban J connectivity index is 2.10. The number of carbonyl (C=O) groups is 1. The van der Waals surface area contributed by atoms with Crippen LogP contribution < -0.4 is 0 Å². The molecule has 0 aliphatic carbocycles. The molecule has 2 heterocycles. The molecule has 0 bridgehead atoms. The van der Waals surface area contributed by atoms with Crippen LogP contribution in [0.5, 0.6) is 0 Å². The van der Waals surface area contributed by atoms with Crippen LogP contribution in [0.2, 0.25) is 0 Å². The van der Waals surface area contributed by atoms with Crippen molar-refractivity contribution in [3.8, 4) is 0 Å². The Morgan fingerprint density at radius 2 is 2.33 bits per heavy atom. The molecule has 15 heavy (non-hydrogen) atoms. The summed E-state index contributed by atoms with van der Waals surface area (Å²) in [4.78, 5) is 14.3. The van der Waals surface area contributed by atoms with Crippen LogP contribution in [-0.2, 0) is 0 Å². The lowest BCUT2D eigenvalue weighted by Gasteiger charge is -2.14. The summed E-state index contributed by atoms with van der Waals surface area (Å²) in [5, 5.41) is 0. The Kier molecular flexibility index (Phi) is 2.87. The van der Waals surface area contributed by atoms with Crippen molar-refractivity contribution in [1.82, 2.24) is 4.90 Å². The summed E-state index contributed by atoms with van der Waals surface area (Å²) in [6.07, 6.45) is 1.53. The molecule has 0 saturated carbocycles. The normalized spacial score (nSPS) is 25.9. The average Bonchev–Trinajstić information content (AvgIpc) is 2.74. The lowest BCUT2D eigenvalue weighted by Crippen LogP contribution is -2.28. The van der Waals surface area contributed by atoms with Crippen LogP contribution >= 0.6 is 15.9 Å². The maximum Gasteiger partial charge on any atom is 0.257 e. The molecular formula is C11H14BrNO2. The van der Waals surface area contributed by atoms with Crippen LogP contribution in [0.3, 0.4) is 0 Å². The third-order valence-electron chi connectivity index (χ3n) is 2.79. The molecule has 2 atom stereocenters. The Hall–Kier alpha value is -0.770. The molecule has 1 saturated heterocycles. The first-order valence-electron chi connectivity index (χ1n) is 5.06. The van der Waals surface area contributed by atoms with Gasteiger partial charge in [-0.05, 0) is 18.9 Å². The predicted molar refractivity (Wildman–Crippen MR) is 61.2 cm³/mol. The number of nitrogens with zero attached hydrogens (tertiary/aromatic N) is 1. The minimum Gasteiger partial charge on any atom is -0.469 e. The Bertz CT molecular complexity index is 364. The van der Waals surface area contributed by atoms with Crippen LogP contribution in [0.25, 0.3) is 0 Å². The summed E-state index contributed by atoms with van der Waals surface area (Å²) in [7, 11) is 0. The van der Waals surface area contributed by atoms with E-state index in [1.54, 1.807) is 6.07 Å². The van der Waals surface area contributed by atoms with Crippen molar-refractivity contribution in [3.63, 3.8) is 0 Å². The first-order chi connectivity index (χ1) is 7.08. The fourth-order valence-corrected chi connectivity index (χ4v) is 2.35. The van der Waals surface area contributed by atoms with Crippen molar-refractivity contribution in [3.05, 3.63) is 23.7 Å². The lowest BCUT2D eigenvalue weighted by atomic mass is 10.2. The van der Waals surface area contributed by atoms with Gasteiger partial charge in [-0.1, -0.05) is 22.9 Å². The predicted octanol–water partition coefficient (Wildman–Crippen LogP) is 2.44. The average molecular weight is 272 g/mol. The number of hydrogen-bond acceptors (Lipinski definition) is 2.